The first-order valence-electron chi connectivity index (χ1n) is 7.74. The van der Waals surface area contributed by atoms with E-state index in [9.17, 15) is 4.79 Å². The van der Waals surface area contributed by atoms with E-state index < -0.39 is 36.4 Å². The van der Waals surface area contributed by atoms with Gasteiger partial charge in [0.15, 0.2) is 0 Å². The highest BCUT2D eigenvalue weighted by molar-refractivity contribution is 6.81. The Bertz CT molecular complexity index is 397. The zero-order valence-electron chi connectivity index (χ0n) is 14.5. The molecule has 1 saturated heterocycles. The van der Waals surface area contributed by atoms with Crippen molar-refractivity contribution < 1.29 is 21.3 Å². The van der Waals surface area contributed by atoms with Crippen LogP contribution in [0.15, 0.2) is 12.2 Å². The minimum absolute atomic E-state index is 0.0650. The van der Waals surface area contributed by atoms with Gasteiger partial charge in [-0.15, -0.1) is 0 Å². The quantitative estimate of drug-likeness (QED) is 0.573. The van der Waals surface area contributed by atoms with Crippen molar-refractivity contribution in [2.24, 2.45) is 0 Å². The molecule has 0 aliphatic carbocycles. The van der Waals surface area contributed by atoms with Gasteiger partial charge in [-0.2, -0.15) is 0 Å². The Kier molecular flexibility index (Phi) is 7.88. The first-order chi connectivity index (χ1) is 10.1. The van der Waals surface area contributed by atoms with Gasteiger partial charge in [0.2, 0.25) is 5.91 Å². The molecule has 10 heteroatoms. The van der Waals surface area contributed by atoms with E-state index in [0.29, 0.717) is 5.57 Å². The Morgan fingerprint density at radius 3 is 2.14 bits per heavy atom. The summed E-state index contributed by atoms with van der Waals surface area (Å²) in [5, 5.41) is 2.93. The van der Waals surface area contributed by atoms with Gasteiger partial charge in [-0.25, -0.2) is 0 Å². The lowest BCUT2D eigenvalue weighted by Gasteiger charge is -2.37. The second-order valence-corrected chi connectivity index (χ2v) is 16.3. The van der Waals surface area contributed by atoms with Crippen molar-refractivity contribution in [3.8, 4) is 0 Å². The van der Waals surface area contributed by atoms with Crippen LogP contribution < -0.4 is 5.32 Å². The van der Waals surface area contributed by atoms with Gasteiger partial charge in [-0.05, 0) is 52.5 Å². The van der Waals surface area contributed by atoms with Gasteiger partial charge in [-0.1, -0.05) is 6.58 Å². The van der Waals surface area contributed by atoms with Gasteiger partial charge in [0, 0.05) is 11.6 Å². The van der Waals surface area contributed by atoms with Crippen LogP contribution in [0.2, 0.25) is 32.2 Å². The minimum atomic E-state index is -2.29. The number of carbonyl (C=O) groups excluding carboxylic acids is 1. The van der Waals surface area contributed by atoms with E-state index in [-0.39, 0.29) is 11.9 Å². The summed E-state index contributed by atoms with van der Waals surface area (Å²) in [7, 11) is -7.26. The topological polar surface area (TPSA) is 66.0 Å². The fourth-order valence-corrected chi connectivity index (χ4v) is 17.2. The average Bonchev–Trinajstić information content (AvgIpc) is 2.33. The van der Waals surface area contributed by atoms with Gasteiger partial charge in [-0.3, -0.25) is 4.79 Å². The highest BCUT2D eigenvalue weighted by Gasteiger charge is 2.39. The number of amides is 1. The van der Waals surface area contributed by atoms with E-state index in [4.69, 9.17) is 16.5 Å². The SMILES string of the molecule is C=C(C)C(=O)NC(C)CC[Si]1(C)O[SiH](C)O[SiH](C)O[SiH](C)O1. The molecule has 0 aromatic carbocycles. The van der Waals surface area contributed by atoms with Crippen LogP contribution in [0.3, 0.4) is 0 Å². The van der Waals surface area contributed by atoms with Crippen molar-refractivity contribution in [2.75, 3.05) is 0 Å². The van der Waals surface area contributed by atoms with Crippen LogP contribution in [0, 0.1) is 0 Å². The molecule has 0 aromatic heterocycles. The summed E-state index contributed by atoms with van der Waals surface area (Å²) < 4.78 is 24.2. The van der Waals surface area contributed by atoms with Gasteiger partial charge >= 0.3 is 8.56 Å². The smallest absolute Gasteiger partial charge is 0.317 e. The zero-order valence-corrected chi connectivity index (χ0v) is 18.9. The molecule has 1 amide bonds. The third kappa shape index (κ3) is 7.00. The van der Waals surface area contributed by atoms with Crippen molar-refractivity contribution in [1.82, 2.24) is 5.32 Å². The predicted molar refractivity (Wildman–Crippen MR) is 96.8 cm³/mol. The molecular formula is C12H29NO5Si4. The first-order valence-corrected chi connectivity index (χ1v) is 16.6. The Balaban J connectivity index is 2.56. The molecule has 0 aromatic rings. The average molecular weight is 380 g/mol. The number of carbonyl (C=O) groups is 1. The fraction of sp³-hybridized carbons (Fsp3) is 0.750. The first kappa shape index (κ1) is 20.0. The highest BCUT2D eigenvalue weighted by atomic mass is 28.5. The van der Waals surface area contributed by atoms with E-state index in [2.05, 4.69) is 18.4 Å². The summed E-state index contributed by atoms with van der Waals surface area (Å²) in [5.41, 5.74) is 0.525. The molecule has 1 aliphatic rings. The summed E-state index contributed by atoms with van der Waals surface area (Å²) in [6.07, 6.45) is 0.816. The molecule has 1 heterocycles. The number of nitrogens with one attached hydrogen (secondary N) is 1. The van der Waals surface area contributed by atoms with Crippen LogP contribution in [0.4, 0.5) is 0 Å². The van der Waals surface area contributed by atoms with Crippen molar-refractivity contribution in [1.29, 1.82) is 0 Å². The molecule has 0 radical (unpaired) electrons. The number of hydrogen-bond acceptors (Lipinski definition) is 5. The van der Waals surface area contributed by atoms with Crippen molar-refractivity contribution in [3.05, 3.63) is 12.2 Å². The molecule has 1 aliphatic heterocycles. The molecular weight excluding hydrogens is 350 g/mol. The van der Waals surface area contributed by atoms with Crippen molar-refractivity contribution in [3.63, 3.8) is 0 Å². The molecule has 0 spiro atoms. The molecule has 1 fully saturated rings. The molecule has 0 saturated carbocycles. The van der Waals surface area contributed by atoms with Crippen LogP contribution in [-0.4, -0.2) is 48.4 Å². The summed E-state index contributed by atoms with van der Waals surface area (Å²) in [6.45, 7) is 15.5. The van der Waals surface area contributed by atoms with Crippen LogP contribution >= 0.6 is 0 Å². The van der Waals surface area contributed by atoms with Crippen molar-refractivity contribution in [2.45, 2.75) is 58.5 Å². The van der Waals surface area contributed by atoms with Crippen molar-refractivity contribution >= 4 is 42.3 Å². The maximum absolute atomic E-state index is 11.6. The van der Waals surface area contributed by atoms with Crippen LogP contribution in [0.5, 0.6) is 0 Å². The molecule has 6 nitrogen and oxygen atoms in total. The van der Waals surface area contributed by atoms with Crippen LogP contribution in [-0.2, 0) is 21.3 Å². The monoisotopic (exact) mass is 379 g/mol. The Labute approximate surface area is 140 Å². The molecule has 0 bridgehead atoms. The summed E-state index contributed by atoms with van der Waals surface area (Å²) >= 11 is 0. The van der Waals surface area contributed by atoms with E-state index in [1.54, 1.807) is 6.92 Å². The molecule has 3 atom stereocenters. The normalized spacial score (nSPS) is 34.4. The van der Waals surface area contributed by atoms with Gasteiger partial charge in [0.25, 0.3) is 27.9 Å². The largest absolute Gasteiger partial charge is 0.420 e. The van der Waals surface area contributed by atoms with Crippen LogP contribution in [0.25, 0.3) is 0 Å². The number of rotatable bonds is 5. The number of hydrogen-bond donors (Lipinski definition) is 1. The van der Waals surface area contributed by atoms with Gasteiger partial charge in [0.1, 0.15) is 0 Å². The molecule has 128 valence electrons. The second-order valence-electron chi connectivity index (χ2n) is 6.04. The maximum Gasteiger partial charge on any atom is 0.317 e. The highest BCUT2D eigenvalue weighted by Crippen LogP contribution is 2.22. The lowest BCUT2D eigenvalue weighted by atomic mass is 10.2. The lowest BCUT2D eigenvalue weighted by molar-refractivity contribution is -0.118. The maximum atomic E-state index is 11.6. The fourth-order valence-electron chi connectivity index (χ4n) is 2.37. The summed E-state index contributed by atoms with van der Waals surface area (Å²) in [5.74, 6) is -0.101. The zero-order chi connectivity index (χ0) is 16.9. The molecule has 3 unspecified atom stereocenters. The predicted octanol–water partition coefficient (Wildman–Crippen LogP) is 1.16. The third-order valence-electron chi connectivity index (χ3n) is 3.39. The summed E-state index contributed by atoms with van der Waals surface area (Å²) in [6, 6.07) is 0.886. The van der Waals surface area contributed by atoms with E-state index in [1.807, 2.05) is 26.6 Å². The molecule has 1 N–H and O–H groups in total. The van der Waals surface area contributed by atoms with E-state index in [1.165, 1.54) is 0 Å². The Morgan fingerprint density at radius 1 is 1.18 bits per heavy atom. The van der Waals surface area contributed by atoms with Gasteiger partial charge < -0.3 is 21.8 Å². The minimum Gasteiger partial charge on any atom is -0.420 e. The lowest BCUT2D eigenvalue weighted by Crippen LogP contribution is -2.53. The molecule has 1 rings (SSSR count). The third-order valence-corrected chi connectivity index (χ3v) is 17.4. The molecule has 22 heavy (non-hydrogen) atoms. The Hall–Kier alpha value is -0.0825. The second kappa shape index (κ2) is 8.68. The van der Waals surface area contributed by atoms with Gasteiger partial charge in [0.05, 0.1) is 0 Å². The van der Waals surface area contributed by atoms with E-state index in [0.717, 1.165) is 12.5 Å². The summed E-state index contributed by atoms with van der Waals surface area (Å²) in [4.78, 5) is 11.6. The Morgan fingerprint density at radius 2 is 1.68 bits per heavy atom. The van der Waals surface area contributed by atoms with Crippen LogP contribution in [0.1, 0.15) is 20.3 Å². The standard InChI is InChI=1S/C12H29NO5Si4/c1-10(2)12(14)13-11(3)8-9-22(7)17-20(5)15-19(4)16-21(6)18-22/h11,19-21H,1,8-9H2,2-7H3,(H,13,14). The van der Waals surface area contributed by atoms with E-state index >= 15 is 0 Å².